The first-order chi connectivity index (χ1) is 13.1. The van der Waals surface area contributed by atoms with E-state index < -0.39 is 26.0 Å². The second-order valence-corrected chi connectivity index (χ2v) is 11.5. The predicted molar refractivity (Wildman–Crippen MR) is 105 cm³/mol. The number of carbonyl (C=O) groups is 1. The van der Waals surface area contributed by atoms with Gasteiger partial charge in [0, 0.05) is 45.5 Å². The van der Waals surface area contributed by atoms with Gasteiger partial charge in [-0.15, -0.1) is 0 Å². The molecule has 0 saturated carbocycles. The summed E-state index contributed by atoms with van der Waals surface area (Å²) in [6.07, 6.45) is 6.69. The Morgan fingerprint density at radius 1 is 1.04 bits per heavy atom. The average Bonchev–Trinajstić information content (AvgIpc) is 3.05. The highest BCUT2D eigenvalue weighted by Crippen LogP contribution is 2.22. The predicted octanol–water partition coefficient (Wildman–Crippen LogP) is 0.354. The van der Waals surface area contributed by atoms with E-state index in [4.69, 9.17) is 0 Å². The lowest BCUT2D eigenvalue weighted by Crippen LogP contribution is -2.49. The number of carbonyl (C=O) groups excluding carboxylic acids is 1. The van der Waals surface area contributed by atoms with Crippen LogP contribution in [0.3, 0.4) is 0 Å². The smallest absolute Gasteiger partial charge is 0.268 e. The van der Waals surface area contributed by atoms with Gasteiger partial charge in [0.25, 0.3) is 5.91 Å². The van der Waals surface area contributed by atoms with Crippen molar-refractivity contribution in [2.24, 2.45) is 7.05 Å². The number of hydrogen-bond acceptors (Lipinski definition) is 5. The maximum atomic E-state index is 12.8. The van der Waals surface area contributed by atoms with Crippen LogP contribution in [0.25, 0.3) is 0 Å². The van der Waals surface area contributed by atoms with Crippen LogP contribution in [0.5, 0.6) is 0 Å². The molecule has 0 radical (unpaired) electrons. The van der Waals surface area contributed by atoms with Crippen LogP contribution in [0.2, 0.25) is 0 Å². The highest BCUT2D eigenvalue weighted by atomic mass is 32.2. The number of amides is 1. The van der Waals surface area contributed by atoms with Crippen molar-refractivity contribution in [1.82, 2.24) is 18.5 Å². The lowest BCUT2D eigenvalue weighted by atomic mass is 10.1. The molecular weight excluding hydrogens is 404 g/mol. The second-order valence-electron chi connectivity index (χ2n) is 7.57. The topological polar surface area (TPSA) is 109 Å². The first-order valence-electron chi connectivity index (χ1n) is 9.51. The molecule has 3 rings (SSSR count). The van der Waals surface area contributed by atoms with Crippen LogP contribution >= 0.6 is 0 Å². The van der Waals surface area contributed by atoms with E-state index in [2.05, 4.69) is 5.32 Å². The molecule has 0 aromatic carbocycles. The van der Waals surface area contributed by atoms with Crippen molar-refractivity contribution in [3.8, 4) is 0 Å². The molecule has 28 heavy (non-hydrogen) atoms. The molecule has 1 N–H and O–H groups in total. The molecule has 1 amide bonds. The van der Waals surface area contributed by atoms with Gasteiger partial charge in [-0.05, 0) is 31.7 Å². The molecule has 3 heterocycles. The summed E-state index contributed by atoms with van der Waals surface area (Å²) in [5.74, 6) is -0.400. The number of nitrogens with zero attached hydrogens (tertiary/aromatic N) is 3. The zero-order valence-electron chi connectivity index (χ0n) is 16.3. The third kappa shape index (κ3) is 4.58. The Kier molecular flexibility index (Phi) is 6.18. The Balaban J connectivity index is 1.73. The molecule has 2 aliphatic rings. The average molecular weight is 433 g/mol. The molecule has 0 aliphatic carbocycles. The number of sulfonamides is 2. The van der Waals surface area contributed by atoms with E-state index in [0.717, 1.165) is 25.5 Å². The second kappa shape index (κ2) is 8.13. The Morgan fingerprint density at radius 3 is 2.32 bits per heavy atom. The molecule has 11 heteroatoms. The van der Waals surface area contributed by atoms with Crippen LogP contribution in [0.15, 0.2) is 17.2 Å². The summed E-state index contributed by atoms with van der Waals surface area (Å²) in [6.45, 7) is 1.69. The van der Waals surface area contributed by atoms with E-state index in [0.29, 0.717) is 32.5 Å². The normalized spacial score (nSPS) is 22.9. The molecule has 1 aromatic heterocycles. The minimum atomic E-state index is -3.61. The zero-order valence-corrected chi connectivity index (χ0v) is 17.9. The van der Waals surface area contributed by atoms with Gasteiger partial charge in [-0.1, -0.05) is 6.42 Å². The maximum Gasteiger partial charge on any atom is 0.268 e. The number of rotatable bonds is 5. The van der Waals surface area contributed by atoms with E-state index in [1.807, 2.05) is 0 Å². The fourth-order valence-corrected chi connectivity index (χ4v) is 6.28. The van der Waals surface area contributed by atoms with Crippen molar-refractivity contribution in [2.45, 2.75) is 43.0 Å². The van der Waals surface area contributed by atoms with E-state index >= 15 is 0 Å². The molecule has 2 saturated heterocycles. The van der Waals surface area contributed by atoms with Crippen LogP contribution < -0.4 is 5.32 Å². The third-order valence-electron chi connectivity index (χ3n) is 5.35. The van der Waals surface area contributed by atoms with Crippen LogP contribution in [-0.2, 0) is 27.1 Å². The van der Waals surface area contributed by atoms with Gasteiger partial charge in [-0.25, -0.2) is 21.1 Å². The lowest BCUT2D eigenvalue weighted by Gasteiger charge is -2.31. The van der Waals surface area contributed by atoms with Gasteiger partial charge < -0.3 is 9.88 Å². The summed E-state index contributed by atoms with van der Waals surface area (Å²) in [5, 5.41) is 2.85. The highest BCUT2D eigenvalue weighted by molar-refractivity contribution is 7.89. The fraction of sp³-hybridized carbons (Fsp3) is 0.706. The zero-order chi connectivity index (χ0) is 20.5. The van der Waals surface area contributed by atoms with Crippen molar-refractivity contribution in [3.05, 3.63) is 18.0 Å². The molecule has 2 fully saturated rings. The van der Waals surface area contributed by atoms with Crippen LogP contribution in [-0.4, -0.2) is 74.4 Å². The van der Waals surface area contributed by atoms with Gasteiger partial charge in [0.2, 0.25) is 20.0 Å². The van der Waals surface area contributed by atoms with Gasteiger partial charge in [0.1, 0.15) is 10.6 Å². The Bertz CT molecular complexity index is 933. The number of nitrogens with one attached hydrogen (secondary N) is 1. The Hall–Kier alpha value is -1.43. The van der Waals surface area contributed by atoms with E-state index in [-0.39, 0.29) is 23.2 Å². The summed E-state index contributed by atoms with van der Waals surface area (Å²) in [4.78, 5) is 12.8. The summed E-state index contributed by atoms with van der Waals surface area (Å²) in [6, 6.07) is 1.10. The summed E-state index contributed by atoms with van der Waals surface area (Å²) >= 11 is 0. The van der Waals surface area contributed by atoms with Gasteiger partial charge >= 0.3 is 0 Å². The number of aryl methyl sites for hydroxylation is 1. The number of hydrogen-bond donors (Lipinski definition) is 1. The Morgan fingerprint density at radius 2 is 1.68 bits per heavy atom. The van der Waals surface area contributed by atoms with Crippen LogP contribution in [0.1, 0.15) is 42.6 Å². The van der Waals surface area contributed by atoms with Crippen LogP contribution in [0, 0.1) is 0 Å². The molecule has 158 valence electrons. The summed E-state index contributed by atoms with van der Waals surface area (Å²) < 4.78 is 53.5. The standard InChI is InChI=1S/C17H28N4O5S2/c1-19-13-15(28(25,26)20-8-4-3-5-9-20)11-16(19)17(22)18-14-7-6-10-21(12-14)27(2,23)24/h11,13-14H,3-10,12H2,1-2H3,(H,18,22). The van der Waals surface area contributed by atoms with Crippen molar-refractivity contribution >= 4 is 26.0 Å². The van der Waals surface area contributed by atoms with Crippen LogP contribution in [0.4, 0.5) is 0 Å². The van der Waals surface area contributed by atoms with Crippen molar-refractivity contribution in [2.75, 3.05) is 32.4 Å². The van der Waals surface area contributed by atoms with Gasteiger partial charge in [-0.2, -0.15) is 4.31 Å². The van der Waals surface area contributed by atoms with E-state index in [9.17, 15) is 21.6 Å². The van der Waals surface area contributed by atoms with Crippen molar-refractivity contribution in [1.29, 1.82) is 0 Å². The summed E-state index contributed by atoms with van der Waals surface area (Å²) in [5.41, 5.74) is 0.243. The number of piperidine rings is 2. The molecular formula is C17H28N4O5S2. The molecule has 2 aliphatic heterocycles. The maximum absolute atomic E-state index is 12.8. The number of aromatic nitrogens is 1. The molecule has 1 aromatic rings. The van der Waals surface area contributed by atoms with Gasteiger partial charge in [-0.3, -0.25) is 4.79 Å². The molecule has 0 spiro atoms. The van der Waals surface area contributed by atoms with Crippen molar-refractivity contribution in [3.63, 3.8) is 0 Å². The molecule has 9 nitrogen and oxygen atoms in total. The molecule has 1 unspecified atom stereocenters. The third-order valence-corrected chi connectivity index (χ3v) is 8.49. The van der Waals surface area contributed by atoms with Gasteiger partial charge in [0.05, 0.1) is 6.26 Å². The Labute approximate surface area is 166 Å². The first-order valence-corrected chi connectivity index (χ1v) is 12.8. The first kappa shape index (κ1) is 21.3. The molecule has 0 bridgehead atoms. The lowest BCUT2D eigenvalue weighted by molar-refractivity contribution is 0.0913. The quantitative estimate of drug-likeness (QED) is 0.722. The van der Waals surface area contributed by atoms with E-state index in [1.54, 1.807) is 7.05 Å². The van der Waals surface area contributed by atoms with Crippen molar-refractivity contribution < 1.29 is 21.6 Å². The highest BCUT2D eigenvalue weighted by Gasteiger charge is 2.30. The fourth-order valence-electron chi connectivity index (χ4n) is 3.78. The minimum Gasteiger partial charge on any atom is -0.347 e. The van der Waals surface area contributed by atoms with E-state index in [1.165, 1.54) is 25.4 Å². The summed E-state index contributed by atoms with van der Waals surface area (Å²) in [7, 11) is -5.28. The van der Waals surface area contributed by atoms with Gasteiger partial charge in [0.15, 0.2) is 0 Å². The monoisotopic (exact) mass is 432 g/mol. The minimum absolute atomic E-state index is 0.114. The SMILES string of the molecule is Cn1cc(S(=O)(=O)N2CCCCC2)cc1C(=O)NC1CCCN(S(C)(=O)=O)C1. The molecule has 1 atom stereocenters. The largest absolute Gasteiger partial charge is 0.347 e.